The van der Waals surface area contributed by atoms with Crippen LogP contribution in [0.15, 0.2) is 24.3 Å². The van der Waals surface area contributed by atoms with E-state index in [1.54, 1.807) is 0 Å². The number of anilines is 1. The van der Waals surface area contributed by atoms with Crippen molar-refractivity contribution in [3.8, 4) is 0 Å². The van der Waals surface area contributed by atoms with Gasteiger partial charge in [-0.3, -0.25) is 0 Å². The Morgan fingerprint density at radius 2 is 2.00 bits per heavy atom. The summed E-state index contributed by atoms with van der Waals surface area (Å²) in [6.07, 6.45) is 2.78. The highest BCUT2D eigenvalue weighted by atomic mass is 32.2. The molecule has 0 spiro atoms. The van der Waals surface area contributed by atoms with Crippen LogP contribution in [0.2, 0.25) is 0 Å². The van der Waals surface area contributed by atoms with Gasteiger partial charge in [0, 0.05) is 37.8 Å². The molecule has 0 heterocycles. The van der Waals surface area contributed by atoms with Gasteiger partial charge in [-0.1, -0.05) is 12.1 Å². The van der Waals surface area contributed by atoms with E-state index >= 15 is 0 Å². The van der Waals surface area contributed by atoms with Gasteiger partial charge in [-0.05, 0) is 37.6 Å². The molecule has 0 aromatic heterocycles. The number of hydrogen-bond acceptors (Lipinski definition) is 4. The number of sulfone groups is 1. The summed E-state index contributed by atoms with van der Waals surface area (Å²) in [7, 11) is 3.06. The van der Waals surface area contributed by atoms with E-state index in [9.17, 15) is 8.42 Å². The summed E-state index contributed by atoms with van der Waals surface area (Å²) < 4.78 is 22.3. The topological polar surface area (TPSA) is 49.4 Å². The molecule has 5 heteroatoms. The van der Waals surface area contributed by atoms with Crippen LogP contribution in [0.25, 0.3) is 0 Å². The zero-order valence-corrected chi connectivity index (χ0v) is 13.0. The molecule has 4 nitrogen and oxygen atoms in total. The molecule has 0 saturated heterocycles. The van der Waals surface area contributed by atoms with Gasteiger partial charge < -0.3 is 10.2 Å². The van der Waals surface area contributed by atoms with Crippen LogP contribution in [-0.2, 0) is 9.84 Å². The molecule has 1 rings (SSSR count). The van der Waals surface area contributed by atoms with Gasteiger partial charge in [-0.15, -0.1) is 0 Å². The van der Waals surface area contributed by atoms with Crippen molar-refractivity contribution in [1.82, 2.24) is 5.32 Å². The SMILES string of the molecule is CNC(CCCS(C)(=O)=O)c1cccc(N(C)C)c1. The van der Waals surface area contributed by atoms with Gasteiger partial charge in [0.25, 0.3) is 0 Å². The molecule has 0 fully saturated rings. The first-order valence-electron chi connectivity index (χ1n) is 6.46. The van der Waals surface area contributed by atoms with Crippen LogP contribution < -0.4 is 10.2 Å². The molecule has 0 radical (unpaired) electrons. The van der Waals surface area contributed by atoms with Gasteiger partial charge in [0.2, 0.25) is 0 Å². The molecule has 19 heavy (non-hydrogen) atoms. The van der Waals surface area contributed by atoms with E-state index in [0.29, 0.717) is 6.42 Å². The van der Waals surface area contributed by atoms with E-state index in [0.717, 1.165) is 12.1 Å². The molecule has 1 N–H and O–H groups in total. The lowest BCUT2D eigenvalue weighted by Gasteiger charge is -2.19. The van der Waals surface area contributed by atoms with Crippen molar-refractivity contribution in [1.29, 1.82) is 0 Å². The molecule has 0 aliphatic heterocycles. The van der Waals surface area contributed by atoms with Gasteiger partial charge in [-0.2, -0.15) is 0 Å². The summed E-state index contributed by atoms with van der Waals surface area (Å²) >= 11 is 0. The van der Waals surface area contributed by atoms with E-state index in [4.69, 9.17) is 0 Å². The Labute approximate surface area is 116 Å². The van der Waals surface area contributed by atoms with Crippen LogP contribution in [0.1, 0.15) is 24.4 Å². The maximum absolute atomic E-state index is 11.2. The monoisotopic (exact) mass is 284 g/mol. The van der Waals surface area contributed by atoms with E-state index in [1.165, 1.54) is 11.8 Å². The zero-order valence-electron chi connectivity index (χ0n) is 12.2. The second-order valence-corrected chi connectivity index (χ2v) is 7.36. The second kappa shape index (κ2) is 6.91. The minimum absolute atomic E-state index is 0.196. The average Bonchev–Trinajstić information content (AvgIpc) is 2.33. The second-order valence-electron chi connectivity index (χ2n) is 5.10. The van der Waals surface area contributed by atoms with Gasteiger partial charge in [0.05, 0.1) is 0 Å². The lowest BCUT2D eigenvalue weighted by atomic mass is 10.0. The Morgan fingerprint density at radius 1 is 1.32 bits per heavy atom. The average molecular weight is 284 g/mol. The quantitative estimate of drug-likeness (QED) is 0.830. The van der Waals surface area contributed by atoms with Crippen molar-refractivity contribution in [3.05, 3.63) is 29.8 Å². The largest absolute Gasteiger partial charge is 0.378 e. The summed E-state index contributed by atoms with van der Waals surface area (Å²) in [6.45, 7) is 0. The molecule has 0 aliphatic carbocycles. The Bertz CT molecular complexity index is 498. The fraction of sp³-hybridized carbons (Fsp3) is 0.571. The smallest absolute Gasteiger partial charge is 0.147 e. The highest BCUT2D eigenvalue weighted by Crippen LogP contribution is 2.22. The van der Waals surface area contributed by atoms with Gasteiger partial charge in [0.1, 0.15) is 9.84 Å². The van der Waals surface area contributed by atoms with Crippen molar-refractivity contribution >= 4 is 15.5 Å². The Kier molecular flexibility index (Phi) is 5.82. The molecule has 1 unspecified atom stereocenters. The zero-order chi connectivity index (χ0) is 14.5. The van der Waals surface area contributed by atoms with Crippen molar-refractivity contribution in [2.45, 2.75) is 18.9 Å². The molecule has 108 valence electrons. The Morgan fingerprint density at radius 3 is 2.53 bits per heavy atom. The predicted octanol–water partition coefficient (Wildman–Crippen LogP) is 1.84. The van der Waals surface area contributed by atoms with Crippen LogP contribution in [0, 0.1) is 0 Å². The van der Waals surface area contributed by atoms with Gasteiger partial charge in [-0.25, -0.2) is 8.42 Å². The van der Waals surface area contributed by atoms with Crippen molar-refractivity contribution in [3.63, 3.8) is 0 Å². The molecule has 0 aliphatic rings. The lowest BCUT2D eigenvalue weighted by Crippen LogP contribution is -2.18. The third-order valence-corrected chi connectivity index (χ3v) is 4.18. The number of nitrogens with zero attached hydrogens (tertiary/aromatic N) is 1. The van der Waals surface area contributed by atoms with Crippen molar-refractivity contribution < 1.29 is 8.42 Å². The maximum Gasteiger partial charge on any atom is 0.147 e. The molecule has 0 amide bonds. The summed E-state index contributed by atoms with van der Waals surface area (Å²) in [6, 6.07) is 8.51. The number of rotatable bonds is 7. The van der Waals surface area contributed by atoms with Crippen LogP contribution in [0.3, 0.4) is 0 Å². The van der Waals surface area contributed by atoms with Crippen LogP contribution >= 0.6 is 0 Å². The van der Waals surface area contributed by atoms with Crippen molar-refractivity contribution in [2.75, 3.05) is 38.1 Å². The third-order valence-electron chi connectivity index (χ3n) is 3.15. The lowest BCUT2D eigenvalue weighted by molar-refractivity contribution is 0.536. The minimum atomic E-state index is -2.87. The third kappa shape index (κ3) is 5.61. The summed E-state index contributed by atoms with van der Waals surface area (Å²) in [5, 5.41) is 3.26. The van der Waals surface area contributed by atoms with E-state index < -0.39 is 9.84 Å². The van der Waals surface area contributed by atoms with E-state index in [-0.39, 0.29) is 11.8 Å². The highest BCUT2D eigenvalue weighted by molar-refractivity contribution is 7.90. The first-order chi connectivity index (χ1) is 8.83. The fourth-order valence-electron chi connectivity index (χ4n) is 2.05. The number of hydrogen-bond donors (Lipinski definition) is 1. The Hall–Kier alpha value is -1.07. The van der Waals surface area contributed by atoms with Crippen LogP contribution in [-0.4, -0.2) is 41.6 Å². The minimum Gasteiger partial charge on any atom is -0.378 e. The summed E-state index contributed by atoms with van der Waals surface area (Å²) in [5.41, 5.74) is 2.35. The fourth-order valence-corrected chi connectivity index (χ4v) is 2.74. The molecule has 1 aromatic carbocycles. The maximum atomic E-state index is 11.2. The summed E-state index contributed by atoms with van der Waals surface area (Å²) in [4.78, 5) is 2.06. The molecule has 1 aromatic rings. The molecular formula is C14H24N2O2S. The first kappa shape index (κ1) is 16.0. The molecule has 0 bridgehead atoms. The van der Waals surface area contributed by atoms with Crippen molar-refractivity contribution in [2.24, 2.45) is 0 Å². The van der Waals surface area contributed by atoms with Crippen LogP contribution in [0.5, 0.6) is 0 Å². The molecule has 0 saturated carbocycles. The Balaban J connectivity index is 2.71. The first-order valence-corrected chi connectivity index (χ1v) is 8.52. The van der Waals surface area contributed by atoms with Gasteiger partial charge in [0.15, 0.2) is 0 Å². The molecule has 1 atom stereocenters. The molecular weight excluding hydrogens is 260 g/mol. The highest BCUT2D eigenvalue weighted by Gasteiger charge is 2.11. The van der Waals surface area contributed by atoms with Crippen LogP contribution in [0.4, 0.5) is 5.69 Å². The summed E-state index contributed by atoms with van der Waals surface area (Å²) in [5.74, 6) is 0.249. The number of nitrogens with one attached hydrogen (secondary N) is 1. The predicted molar refractivity (Wildman–Crippen MR) is 81.5 cm³/mol. The van der Waals surface area contributed by atoms with E-state index in [2.05, 4.69) is 28.4 Å². The number of benzene rings is 1. The van der Waals surface area contributed by atoms with Gasteiger partial charge >= 0.3 is 0 Å². The standard InChI is InChI=1S/C14H24N2O2S/c1-15-14(9-6-10-19(4,17)18)12-7-5-8-13(11-12)16(2)3/h5,7-8,11,14-15H,6,9-10H2,1-4H3. The van der Waals surface area contributed by atoms with E-state index in [1.807, 2.05) is 27.2 Å². The normalized spacial score (nSPS) is 13.3.